The Morgan fingerprint density at radius 3 is 2.46 bits per heavy atom. The van der Waals surface area contributed by atoms with Crippen LogP contribution in [0, 0.1) is 13.8 Å². The van der Waals surface area contributed by atoms with Crippen molar-refractivity contribution in [2.75, 3.05) is 52.1 Å². The second-order valence-electron chi connectivity index (χ2n) is 10.6. The first kappa shape index (κ1) is 26.8. The van der Waals surface area contributed by atoms with Gasteiger partial charge in [-0.3, -0.25) is 4.79 Å². The molecule has 1 unspecified atom stereocenters. The molecule has 0 aromatic carbocycles. The molecule has 1 N–H and O–H groups in total. The number of anilines is 1. The van der Waals surface area contributed by atoms with Gasteiger partial charge in [0, 0.05) is 50.8 Å². The summed E-state index contributed by atoms with van der Waals surface area (Å²) in [5, 5.41) is 3.56. The number of piperidine rings is 1. The van der Waals surface area contributed by atoms with Crippen molar-refractivity contribution >= 4 is 29.0 Å². The summed E-state index contributed by atoms with van der Waals surface area (Å²) in [4.78, 5) is 44.7. The summed E-state index contributed by atoms with van der Waals surface area (Å²) in [5.41, 5.74) is 1.64. The van der Waals surface area contributed by atoms with Gasteiger partial charge < -0.3 is 29.3 Å². The second kappa shape index (κ2) is 11.5. The lowest BCUT2D eigenvalue weighted by atomic mass is 10.1. The number of imidazole rings is 1. The molecule has 0 bridgehead atoms. The number of hydrogen-bond donors (Lipinski definition) is 1. The lowest BCUT2D eigenvalue weighted by Crippen LogP contribution is -2.44. The monoisotopic (exact) mass is 512 g/mol. The average molecular weight is 513 g/mol. The van der Waals surface area contributed by atoms with Gasteiger partial charge in [-0.05, 0) is 54.6 Å². The summed E-state index contributed by atoms with van der Waals surface area (Å²) in [6, 6.07) is 0.436. The molecule has 4 rings (SSSR count). The number of fused-ring (bicyclic) bond motifs is 1. The first-order valence-corrected chi connectivity index (χ1v) is 13.2. The second-order valence-corrected chi connectivity index (χ2v) is 10.6. The van der Waals surface area contributed by atoms with Crippen molar-refractivity contribution in [1.29, 1.82) is 0 Å². The van der Waals surface area contributed by atoms with E-state index in [9.17, 15) is 9.59 Å². The highest BCUT2D eigenvalue weighted by molar-refractivity contribution is 5.88. The van der Waals surface area contributed by atoms with Crippen molar-refractivity contribution in [2.24, 2.45) is 0 Å². The van der Waals surface area contributed by atoms with Crippen LogP contribution in [0.5, 0.6) is 0 Å². The molecule has 1 atom stereocenters. The number of nitrogens with zero attached hydrogens (tertiary/aromatic N) is 7. The molecule has 2 aliphatic heterocycles. The molecular formula is C26H40N8O3. The number of rotatable bonds is 7. The molecule has 2 aromatic heterocycles. The van der Waals surface area contributed by atoms with Gasteiger partial charge in [-0.2, -0.15) is 0 Å². The fourth-order valence-electron chi connectivity index (χ4n) is 5.02. The van der Waals surface area contributed by atoms with Crippen LogP contribution in [-0.4, -0.2) is 105 Å². The third kappa shape index (κ3) is 6.38. The van der Waals surface area contributed by atoms with Gasteiger partial charge in [-0.25, -0.2) is 19.7 Å². The standard InChI is InChI=1S/C26H40N8O3/c1-17(2)34-19(4)29-23-24(27-18(3)28-25(23)34)30-20-9-13-32(14-10-20)26(36)37-21-11-15-33(16-21)22(35)8-7-12-31(5)6/h7-8,17,20-21H,9-16H2,1-6H3,(H,27,28,30). The number of likely N-dealkylation sites (tertiary alicyclic amines) is 2. The van der Waals surface area contributed by atoms with Gasteiger partial charge in [0.25, 0.3) is 0 Å². The average Bonchev–Trinajstić information content (AvgIpc) is 3.43. The molecule has 2 saturated heterocycles. The number of nitrogens with one attached hydrogen (secondary N) is 1. The fraction of sp³-hybridized carbons (Fsp3) is 0.654. The highest BCUT2D eigenvalue weighted by Crippen LogP contribution is 2.26. The maximum atomic E-state index is 12.8. The first-order chi connectivity index (χ1) is 17.6. The van der Waals surface area contributed by atoms with E-state index in [0.29, 0.717) is 45.0 Å². The molecule has 202 valence electrons. The lowest BCUT2D eigenvalue weighted by Gasteiger charge is -2.32. The zero-order chi connectivity index (χ0) is 26.7. The number of carbonyl (C=O) groups is 2. The van der Waals surface area contributed by atoms with Crippen LogP contribution in [0.1, 0.15) is 50.8 Å². The van der Waals surface area contributed by atoms with Crippen LogP contribution in [0.3, 0.4) is 0 Å². The van der Waals surface area contributed by atoms with E-state index >= 15 is 0 Å². The number of aromatic nitrogens is 4. The van der Waals surface area contributed by atoms with Crippen molar-refractivity contribution in [1.82, 2.24) is 34.2 Å². The predicted octanol–water partition coefficient (Wildman–Crippen LogP) is 2.76. The third-order valence-electron chi connectivity index (χ3n) is 6.89. The van der Waals surface area contributed by atoms with E-state index in [2.05, 4.69) is 33.7 Å². The Hall–Kier alpha value is -3.21. The van der Waals surface area contributed by atoms with E-state index < -0.39 is 0 Å². The van der Waals surface area contributed by atoms with Crippen LogP contribution in [-0.2, 0) is 9.53 Å². The maximum absolute atomic E-state index is 12.8. The van der Waals surface area contributed by atoms with Gasteiger partial charge in [-0.1, -0.05) is 6.08 Å². The van der Waals surface area contributed by atoms with Crippen molar-refractivity contribution in [3.8, 4) is 0 Å². The molecule has 0 saturated carbocycles. The number of ether oxygens (including phenoxy) is 1. The van der Waals surface area contributed by atoms with E-state index in [0.717, 1.165) is 35.6 Å². The van der Waals surface area contributed by atoms with Crippen LogP contribution in [0.2, 0.25) is 0 Å². The molecule has 2 fully saturated rings. The molecule has 0 radical (unpaired) electrons. The molecule has 4 heterocycles. The third-order valence-corrected chi connectivity index (χ3v) is 6.89. The summed E-state index contributed by atoms with van der Waals surface area (Å²) in [6.07, 6.45) is 5.14. The van der Waals surface area contributed by atoms with E-state index in [1.54, 1.807) is 15.9 Å². The Kier molecular flexibility index (Phi) is 8.31. The van der Waals surface area contributed by atoms with Gasteiger partial charge in [0.1, 0.15) is 17.8 Å². The summed E-state index contributed by atoms with van der Waals surface area (Å²) in [6.45, 7) is 11.1. The van der Waals surface area contributed by atoms with E-state index in [1.165, 1.54) is 0 Å². The van der Waals surface area contributed by atoms with Crippen LogP contribution in [0.25, 0.3) is 11.2 Å². The number of likely N-dealkylation sites (N-methyl/N-ethyl adjacent to an activating group) is 1. The van der Waals surface area contributed by atoms with Crippen molar-refractivity contribution in [2.45, 2.75) is 65.1 Å². The molecular weight excluding hydrogens is 472 g/mol. The quantitative estimate of drug-likeness (QED) is 0.564. The van der Waals surface area contributed by atoms with E-state index in [-0.39, 0.29) is 30.2 Å². The minimum absolute atomic E-state index is 0.0326. The van der Waals surface area contributed by atoms with Gasteiger partial charge in [0.2, 0.25) is 5.91 Å². The Morgan fingerprint density at radius 2 is 1.78 bits per heavy atom. The predicted molar refractivity (Wildman–Crippen MR) is 143 cm³/mol. The molecule has 11 heteroatoms. The molecule has 11 nitrogen and oxygen atoms in total. The maximum Gasteiger partial charge on any atom is 0.410 e. The van der Waals surface area contributed by atoms with E-state index in [1.807, 2.05) is 38.9 Å². The summed E-state index contributed by atoms with van der Waals surface area (Å²) in [5.74, 6) is 2.34. The Morgan fingerprint density at radius 1 is 1.08 bits per heavy atom. The molecule has 37 heavy (non-hydrogen) atoms. The van der Waals surface area contributed by atoms with Crippen molar-refractivity contribution in [3.63, 3.8) is 0 Å². The zero-order valence-electron chi connectivity index (χ0n) is 22.9. The van der Waals surface area contributed by atoms with Crippen LogP contribution in [0.15, 0.2) is 12.2 Å². The number of carbonyl (C=O) groups excluding carboxylic acids is 2. The lowest BCUT2D eigenvalue weighted by molar-refractivity contribution is -0.125. The van der Waals surface area contributed by atoms with Gasteiger partial charge in [-0.15, -0.1) is 0 Å². The number of amides is 2. The molecule has 2 aliphatic rings. The summed E-state index contributed by atoms with van der Waals surface area (Å²) in [7, 11) is 3.91. The minimum atomic E-state index is -0.299. The van der Waals surface area contributed by atoms with Crippen LogP contribution in [0.4, 0.5) is 10.6 Å². The zero-order valence-corrected chi connectivity index (χ0v) is 22.9. The fourth-order valence-corrected chi connectivity index (χ4v) is 5.02. The normalized spacial score (nSPS) is 19.1. The van der Waals surface area contributed by atoms with Crippen LogP contribution >= 0.6 is 0 Å². The Balaban J connectivity index is 1.28. The summed E-state index contributed by atoms with van der Waals surface area (Å²) < 4.78 is 7.88. The minimum Gasteiger partial charge on any atom is -0.444 e. The van der Waals surface area contributed by atoms with Gasteiger partial charge >= 0.3 is 6.09 Å². The van der Waals surface area contributed by atoms with Gasteiger partial charge in [0.15, 0.2) is 17.0 Å². The van der Waals surface area contributed by atoms with Crippen molar-refractivity contribution < 1.29 is 14.3 Å². The van der Waals surface area contributed by atoms with E-state index in [4.69, 9.17) is 9.72 Å². The Bertz CT molecular complexity index is 1150. The van der Waals surface area contributed by atoms with Crippen LogP contribution < -0.4 is 5.32 Å². The first-order valence-electron chi connectivity index (χ1n) is 13.2. The Labute approximate surface area is 218 Å². The molecule has 0 aliphatic carbocycles. The largest absolute Gasteiger partial charge is 0.444 e. The number of aryl methyl sites for hydroxylation is 2. The van der Waals surface area contributed by atoms with Gasteiger partial charge in [0.05, 0.1) is 6.54 Å². The molecule has 0 spiro atoms. The topological polar surface area (TPSA) is 109 Å². The number of hydrogen-bond acceptors (Lipinski definition) is 8. The SMILES string of the molecule is Cc1nc(NC2CCN(C(=O)OC3CCN(C(=O)C=CCN(C)C)C3)CC2)c2nc(C)n(C(C)C)c2n1. The summed E-state index contributed by atoms with van der Waals surface area (Å²) >= 11 is 0. The van der Waals surface area contributed by atoms with Crippen molar-refractivity contribution in [3.05, 3.63) is 23.8 Å². The smallest absolute Gasteiger partial charge is 0.410 e. The molecule has 2 amide bonds. The molecule has 2 aromatic rings. The highest BCUT2D eigenvalue weighted by atomic mass is 16.6. The highest BCUT2D eigenvalue weighted by Gasteiger charge is 2.31.